The summed E-state index contributed by atoms with van der Waals surface area (Å²) >= 11 is 0. The lowest BCUT2D eigenvalue weighted by Gasteiger charge is -2.22. The second-order valence-corrected chi connectivity index (χ2v) is 4.31. The quantitative estimate of drug-likeness (QED) is 0.711. The monoisotopic (exact) mass is 253 g/mol. The van der Waals surface area contributed by atoms with Crippen molar-refractivity contribution in [3.8, 4) is 0 Å². The highest BCUT2D eigenvalue weighted by molar-refractivity contribution is 5.79. The number of rotatable bonds is 6. The molecule has 0 aromatic rings. The van der Waals surface area contributed by atoms with Crippen LogP contribution in [0.3, 0.4) is 0 Å². The van der Waals surface area contributed by atoms with Crippen LogP contribution in [-0.2, 0) is 9.53 Å². The molecule has 18 heavy (non-hydrogen) atoms. The van der Waals surface area contributed by atoms with Gasteiger partial charge < -0.3 is 15.2 Å². The highest BCUT2D eigenvalue weighted by Gasteiger charge is 2.24. The zero-order valence-corrected chi connectivity index (χ0v) is 10.3. The van der Waals surface area contributed by atoms with E-state index in [-0.39, 0.29) is 6.61 Å². The summed E-state index contributed by atoms with van der Waals surface area (Å²) in [4.78, 5) is 22.4. The van der Waals surface area contributed by atoms with Crippen molar-refractivity contribution in [2.45, 2.75) is 31.7 Å². The van der Waals surface area contributed by atoms with E-state index in [2.05, 4.69) is 24.0 Å². The maximum atomic E-state index is 11.3. The Bertz CT molecular complexity index is 338. The summed E-state index contributed by atoms with van der Waals surface area (Å²) in [5.41, 5.74) is 0. The number of carbonyl (C=O) groups excluding carboxylic acids is 1. The molecule has 100 valence electrons. The SMILES string of the molecule is C=CCOC(=O)NC(CC1CC=CCC1)C(=O)O. The molecule has 0 saturated carbocycles. The zero-order chi connectivity index (χ0) is 13.4. The molecule has 0 aromatic carbocycles. The summed E-state index contributed by atoms with van der Waals surface area (Å²) in [5, 5.41) is 11.4. The first-order chi connectivity index (χ1) is 8.63. The van der Waals surface area contributed by atoms with Gasteiger partial charge in [-0.3, -0.25) is 0 Å². The van der Waals surface area contributed by atoms with Crippen LogP contribution in [0.25, 0.3) is 0 Å². The second kappa shape index (κ2) is 7.53. The molecule has 0 radical (unpaired) electrons. The third-order valence-corrected chi connectivity index (χ3v) is 2.87. The van der Waals surface area contributed by atoms with Crippen LogP contribution in [0, 0.1) is 5.92 Å². The fourth-order valence-electron chi connectivity index (χ4n) is 1.94. The molecule has 2 unspecified atom stereocenters. The maximum absolute atomic E-state index is 11.3. The molecule has 2 N–H and O–H groups in total. The molecule has 0 heterocycles. The summed E-state index contributed by atoms with van der Waals surface area (Å²) in [5.74, 6) is -0.726. The fraction of sp³-hybridized carbons (Fsp3) is 0.538. The van der Waals surface area contributed by atoms with E-state index in [1.807, 2.05) is 0 Å². The molecule has 1 aliphatic rings. The maximum Gasteiger partial charge on any atom is 0.408 e. The van der Waals surface area contributed by atoms with Crippen molar-refractivity contribution in [2.75, 3.05) is 6.61 Å². The largest absolute Gasteiger partial charge is 0.480 e. The molecule has 5 heteroatoms. The average molecular weight is 253 g/mol. The predicted octanol–water partition coefficient (Wildman–Crippen LogP) is 2.10. The molecule has 0 spiro atoms. The number of amides is 1. The molecule has 1 amide bonds. The summed E-state index contributed by atoms with van der Waals surface area (Å²) in [6.07, 6.45) is 8.11. The first-order valence-electron chi connectivity index (χ1n) is 6.05. The Morgan fingerprint density at radius 2 is 2.33 bits per heavy atom. The van der Waals surface area contributed by atoms with E-state index in [0.29, 0.717) is 12.3 Å². The van der Waals surface area contributed by atoms with Gasteiger partial charge in [0.2, 0.25) is 0 Å². The first kappa shape index (κ1) is 14.3. The lowest BCUT2D eigenvalue weighted by molar-refractivity contribution is -0.139. The van der Waals surface area contributed by atoms with E-state index in [1.165, 1.54) is 6.08 Å². The van der Waals surface area contributed by atoms with Crippen molar-refractivity contribution in [1.29, 1.82) is 0 Å². The molecule has 0 fully saturated rings. The Morgan fingerprint density at radius 3 is 2.89 bits per heavy atom. The van der Waals surface area contributed by atoms with Gasteiger partial charge in [0, 0.05) is 0 Å². The Morgan fingerprint density at radius 1 is 1.56 bits per heavy atom. The number of nitrogens with one attached hydrogen (secondary N) is 1. The van der Waals surface area contributed by atoms with Gasteiger partial charge in [-0.15, -0.1) is 0 Å². The van der Waals surface area contributed by atoms with E-state index in [0.717, 1.165) is 19.3 Å². The van der Waals surface area contributed by atoms with Crippen molar-refractivity contribution in [3.63, 3.8) is 0 Å². The number of carbonyl (C=O) groups is 2. The minimum Gasteiger partial charge on any atom is -0.480 e. The molecular weight excluding hydrogens is 234 g/mol. The third kappa shape index (κ3) is 5.03. The topological polar surface area (TPSA) is 75.6 Å². The van der Waals surface area contributed by atoms with Crippen LogP contribution in [0.4, 0.5) is 4.79 Å². The van der Waals surface area contributed by atoms with Crippen molar-refractivity contribution >= 4 is 12.1 Å². The van der Waals surface area contributed by atoms with Gasteiger partial charge in [0.15, 0.2) is 0 Å². The Labute approximate surface area is 107 Å². The van der Waals surface area contributed by atoms with Gasteiger partial charge in [-0.05, 0) is 31.6 Å². The van der Waals surface area contributed by atoms with Gasteiger partial charge in [-0.2, -0.15) is 0 Å². The lowest BCUT2D eigenvalue weighted by atomic mass is 9.88. The smallest absolute Gasteiger partial charge is 0.408 e. The average Bonchev–Trinajstić information content (AvgIpc) is 2.36. The molecule has 1 rings (SSSR count). The van der Waals surface area contributed by atoms with Gasteiger partial charge in [-0.25, -0.2) is 9.59 Å². The van der Waals surface area contributed by atoms with E-state index in [9.17, 15) is 9.59 Å². The van der Waals surface area contributed by atoms with Gasteiger partial charge in [-0.1, -0.05) is 24.8 Å². The second-order valence-electron chi connectivity index (χ2n) is 4.31. The minimum atomic E-state index is -1.03. The van der Waals surface area contributed by atoms with E-state index in [1.54, 1.807) is 0 Å². The molecule has 1 aliphatic carbocycles. The molecule has 0 aliphatic heterocycles. The Hall–Kier alpha value is -1.78. The normalized spacial score (nSPS) is 19.9. The molecule has 5 nitrogen and oxygen atoms in total. The highest BCUT2D eigenvalue weighted by atomic mass is 16.5. The van der Waals surface area contributed by atoms with E-state index >= 15 is 0 Å². The van der Waals surface area contributed by atoms with Gasteiger partial charge in [0.05, 0.1) is 0 Å². The van der Waals surface area contributed by atoms with Crippen LogP contribution >= 0.6 is 0 Å². The van der Waals surface area contributed by atoms with Crippen LogP contribution in [0.1, 0.15) is 25.7 Å². The number of hydrogen-bond acceptors (Lipinski definition) is 3. The molecular formula is C13H19NO4. The number of carboxylic acids is 1. The molecule has 2 atom stereocenters. The van der Waals surface area contributed by atoms with Crippen LogP contribution in [-0.4, -0.2) is 29.8 Å². The molecule has 0 saturated heterocycles. The van der Waals surface area contributed by atoms with Crippen LogP contribution < -0.4 is 5.32 Å². The van der Waals surface area contributed by atoms with Crippen LogP contribution in [0.5, 0.6) is 0 Å². The number of ether oxygens (including phenoxy) is 1. The van der Waals surface area contributed by atoms with Crippen LogP contribution in [0.2, 0.25) is 0 Å². The van der Waals surface area contributed by atoms with Crippen molar-refractivity contribution in [3.05, 3.63) is 24.8 Å². The summed E-state index contributed by atoms with van der Waals surface area (Å²) in [6.45, 7) is 3.49. The highest BCUT2D eigenvalue weighted by Crippen LogP contribution is 2.22. The minimum absolute atomic E-state index is 0.0737. The fourth-order valence-corrected chi connectivity index (χ4v) is 1.94. The molecule has 0 bridgehead atoms. The number of aliphatic carboxylic acids is 1. The standard InChI is InChI=1S/C13H19NO4/c1-2-8-18-13(17)14-11(12(15)16)9-10-6-4-3-5-7-10/h2-4,10-11H,1,5-9H2,(H,14,17)(H,15,16). The summed E-state index contributed by atoms with van der Waals surface area (Å²) < 4.78 is 4.72. The van der Waals surface area contributed by atoms with Gasteiger partial charge in [0.25, 0.3) is 0 Å². The van der Waals surface area contributed by atoms with Crippen molar-refractivity contribution in [1.82, 2.24) is 5.32 Å². The number of carboxylic acid groups (broad SMARTS) is 1. The van der Waals surface area contributed by atoms with E-state index in [4.69, 9.17) is 9.84 Å². The first-order valence-corrected chi connectivity index (χ1v) is 6.05. The molecule has 0 aromatic heterocycles. The number of allylic oxidation sites excluding steroid dienone is 2. The van der Waals surface area contributed by atoms with Crippen LogP contribution in [0.15, 0.2) is 24.8 Å². The van der Waals surface area contributed by atoms with Crippen molar-refractivity contribution < 1.29 is 19.4 Å². The third-order valence-electron chi connectivity index (χ3n) is 2.87. The summed E-state index contributed by atoms with van der Waals surface area (Å²) in [7, 11) is 0. The van der Waals surface area contributed by atoms with Gasteiger partial charge in [0.1, 0.15) is 12.6 Å². The van der Waals surface area contributed by atoms with E-state index < -0.39 is 18.1 Å². The zero-order valence-electron chi connectivity index (χ0n) is 10.3. The predicted molar refractivity (Wildman–Crippen MR) is 67.2 cm³/mol. The Kier molecular flexibility index (Phi) is 5.97. The lowest BCUT2D eigenvalue weighted by Crippen LogP contribution is -2.42. The van der Waals surface area contributed by atoms with Gasteiger partial charge >= 0.3 is 12.1 Å². The number of hydrogen-bond donors (Lipinski definition) is 2. The Balaban J connectivity index is 2.43. The van der Waals surface area contributed by atoms with Crippen molar-refractivity contribution in [2.24, 2.45) is 5.92 Å². The number of alkyl carbamates (subject to hydrolysis) is 1. The summed E-state index contributed by atoms with van der Waals surface area (Å²) in [6, 6.07) is -0.890.